The zero-order valence-corrected chi connectivity index (χ0v) is 11.4. The maximum Gasteiger partial charge on any atom is 0.270 e. The van der Waals surface area contributed by atoms with Crippen LogP contribution in [0, 0.1) is 10.1 Å². The van der Waals surface area contributed by atoms with E-state index in [-0.39, 0.29) is 11.5 Å². The van der Waals surface area contributed by atoms with Crippen LogP contribution in [-0.2, 0) is 4.79 Å². The van der Waals surface area contributed by atoms with Crippen LogP contribution in [0.2, 0.25) is 0 Å². The van der Waals surface area contributed by atoms with Gasteiger partial charge >= 0.3 is 0 Å². The number of Topliss-reactive ketones (excluding diaryl/α,β-unsaturated/α-hetero) is 1. The van der Waals surface area contributed by atoms with Gasteiger partial charge in [0, 0.05) is 17.7 Å². The van der Waals surface area contributed by atoms with E-state index >= 15 is 0 Å². The first-order valence-electron chi connectivity index (χ1n) is 6.31. The lowest BCUT2D eigenvalue weighted by Crippen LogP contribution is -2.53. The third kappa shape index (κ3) is 3.24. The van der Waals surface area contributed by atoms with Crippen LogP contribution in [0.3, 0.4) is 0 Å². The maximum atomic E-state index is 11.9. The SMILES string of the molecule is CC(=O)/C(=C\c1cccc([N+](=O)[O-])c1)C1(N)C=CC=CN1. The first-order valence-corrected chi connectivity index (χ1v) is 6.31. The van der Waals surface area contributed by atoms with Crippen molar-refractivity contribution >= 4 is 17.5 Å². The number of rotatable bonds is 4. The van der Waals surface area contributed by atoms with E-state index in [1.54, 1.807) is 42.6 Å². The summed E-state index contributed by atoms with van der Waals surface area (Å²) in [7, 11) is 0. The lowest BCUT2D eigenvalue weighted by molar-refractivity contribution is -0.384. The third-order valence-electron chi connectivity index (χ3n) is 3.11. The number of allylic oxidation sites excluding steroid dienone is 2. The summed E-state index contributed by atoms with van der Waals surface area (Å²) in [6, 6.07) is 6.04. The first-order chi connectivity index (χ1) is 9.92. The lowest BCUT2D eigenvalue weighted by Gasteiger charge is -2.30. The average Bonchev–Trinajstić information content (AvgIpc) is 2.45. The molecule has 1 heterocycles. The summed E-state index contributed by atoms with van der Waals surface area (Å²) in [6.07, 6.45) is 8.37. The van der Waals surface area contributed by atoms with Gasteiger partial charge in [-0.25, -0.2) is 0 Å². The van der Waals surface area contributed by atoms with Crippen LogP contribution in [0.1, 0.15) is 12.5 Å². The molecule has 3 N–H and O–H groups in total. The summed E-state index contributed by atoms with van der Waals surface area (Å²) in [5, 5.41) is 13.7. The third-order valence-corrected chi connectivity index (χ3v) is 3.11. The van der Waals surface area contributed by atoms with Gasteiger partial charge in [-0.2, -0.15) is 0 Å². The molecule has 0 fully saturated rings. The summed E-state index contributed by atoms with van der Waals surface area (Å²) in [5.74, 6) is -0.212. The van der Waals surface area contributed by atoms with Crippen LogP contribution in [0.15, 0.2) is 54.3 Å². The number of benzene rings is 1. The minimum Gasteiger partial charge on any atom is -0.366 e. The van der Waals surface area contributed by atoms with Crippen LogP contribution in [-0.4, -0.2) is 16.4 Å². The molecule has 0 radical (unpaired) electrons. The number of hydrogen-bond donors (Lipinski definition) is 2. The molecule has 108 valence electrons. The van der Waals surface area contributed by atoms with E-state index in [0.717, 1.165) is 0 Å². The highest BCUT2D eigenvalue weighted by atomic mass is 16.6. The Morgan fingerprint density at radius 3 is 2.76 bits per heavy atom. The van der Waals surface area contributed by atoms with E-state index in [0.29, 0.717) is 11.1 Å². The Balaban J connectivity index is 2.45. The Morgan fingerprint density at radius 1 is 1.43 bits per heavy atom. The zero-order chi connectivity index (χ0) is 15.5. The summed E-state index contributed by atoms with van der Waals surface area (Å²) >= 11 is 0. The minimum atomic E-state index is -1.12. The molecule has 21 heavy (non-hydrogen) atoms. The van der Waals surface area contributed by atoms with E-state index in [9.17, 15) is 14.9 Å². The number of nitrogens with two attached hydrogens (primary N) is 1. The van der Waals surface area contributed by atoms with Gasteiger partial charge in [-0.15, -0.1) is 0 Å². The fourth-order valence-electron chi connectivity index (χ4n) is 2.07. The first kappa shape index (κ1) is 14.7. The second kappa shape index (κ2) is 5.72. The lowest BCUT2D eigenvalue weighted by atomic mass is 9.93. The molecule has 1 atom stereocenters. The Kier molecular flexibility index (Phi) is 4.00. The van der Waals surface area contributed by atoms with Crippen molar-refractivity contribution in [3.63, 3.8) is 0 Å². The molecule has 6 heteroatoms. The molecule has 1 aromatic carbocycles. The minimum absolute atomic E-state index is 0.0373. The predicted octanol–water partition coefficient (Wildman–Crippen LogP) is 1.90. The maximum absolute atomic E-state index is 11.9. The van der Waals surface area contributed by atoms with Crippen molar-refractivity contribution in [3.05, 3.63) is 69.9 Å². The number of non-ortho nitro benzene ring substituents is 1. The molecule has 2 rings (SSSR count). The van der Waals surface area contributed by atoms with Gasteiger partial charge in [-0.1, -0.05) is 18.2 Å². The smallest absolute Gasteiger partial charge is 0.270 e. The van der Waals surface area contributed by atoms with Gasteiger partial charge < -0.3 is 11.1 Å². The van der Waals surface area contributed by atoms with E-state index in [1.165, 1.54) is 19.1 Å². The molecular weight excluding hydrogens is 270 g/mol. The standard InChI is InChI=1S/C15H15N3O3/c1-11(19)14(15(16)7-2-3-8-17-15)10-12-5-4-6-13(9-12)18(20)21/h2-10,17H,16H2,1H3/b14-10+. The number of carbonyl (C=O) groups is 1. The fraction of sp³-hybridized carbons (Fsp3) is 0.133. The Labute approximate surface area is 121 Å². The summed E-state index contributed by atoms with van der Waals surface area (Å²) < 4.78 is 0. The van der Waals surface area contributed by atoms with Gasteiger partial charge in [0.05, 0.1) is 4.92 Å². The molecule has 1 aliphatic rings. The molecule has 0 spiro atoms. The molecule has 1 aromatic rings. The highest BCUT2D eigenvalue weighted by Gasteiger charge is 2.29. The fourth-order valence-corrected chi connectivity index (χ4v) is 2.07. The summed E-state index contributed by atoms with van der Waals surface area (Å²) in [6.45, 7) is 1.41. The van der Waals surface area contributed by atoms with Crippen LogP contribution in [0.25, 0.3) is 6.08 Å². The van der Waals surface area contributed by atoms with E-state index in [1.807, 2.05) is 0 Å². The van der Waals surface area contributed by atoms with E-state index < -0.39 is 10.6 Å². The van der Waals surface area contributed by atoms with Gasteiger partial charge in [-0.3, -0.25) is 14.9 Å². The van der Waals surface area contributed by atoms with Gasteiger partial charge in [0.15, 0.2) is 5.78 Å². The van der Waals surface area contributed by atoms with Gasteiger partial charge in [0.1, 0.15) is 5.66 Å². The van der Waals surface area contributed by atoms with E-state index in [4.69, 9.17) is 5.73 Å². The predicted molar refractivity (Wildman–Crippen MR) is 80.1 cm³/mol. The molecule has 1 unspecified atom stereocenters. The molecule has 0 bridgehead atoms. The number of dihydropyridines is 1. The van der Waals surface area contributed by atoms with Crippen molar-refractivity contribution < 1.29 is 9.72 Å². The van der Waals surface area contributed by atoms with Gasteiger partial charge in [0.25, 0.3) is 5.69 Å². The van der Waals surface area contributed by atoms with E-state index in [2.05, 4.69) is 5.32 Å². The topological polar surface area (TPSA) is 98.3 Å². The van der Waals surface area contributed by atoms with Crippen molar-refractivity contribution in [2.45, 2.75) is 12.6 Å². The number of nitro benzene ring substituents is 1. The molecule has 0 amide bonds. The van der Waals surface area contributed by atoms with Crippen molar-refractivity contribution in [2.75, 3.05) is 0 Å². The normalized spacial score (nSPS) is 21.0. The summed E-state index contributed by atoms with van der Waals surface area (Å²) in [4.78, 5) is 22.2. The monoisotopic (exact) mass is 285 g/mol. The average molecular weight is 285 g/mol. The Morgan fingerprint density at radius 2 is 2.19 bits per heavy atom. The van der Waals surface area contributed by atoms with Crippen LogP contribution in [0.4, 0.5) is 5.69 Å². The second-order valence-corrected chi connectivity index (χ2v) is 4.70. The number of nitro groups is 1. The molecule has 0 saturated carbocycles. The number of hydrogen-bond acceptors (Lipinski definition) is 5. The summed E-state index contributed by atoms with van der Waals surface area (Å²) in [5.41, 5.74) is 5.89. The van der Waals surface area contributed by atoms with Crippen molar-refractivity contribution in [1.82, 2.24) is 5.32 Å². The molecule has 1 aliphatic heterocycles. The molecule has 0 aromatic heterocycles. The highest BCUT2D eigenvalue weighted by molar-refractivity contribution is 6.00. The number of nitrogens with one attached hydrogen (secondary N) is 1. The van der Waals surface area contributed by atoms with Gasteiger partial charge in [0.2, 0.25) is 0 Å². The molecular formula is C15H15N3O3. The van der Waals surface area contributed by atoms with Crippen LogP contribution < -0.4 is 11.1 Å². The van der Waals surface area contributed by atoms with Crippen LogP contribution >= 0.6 is 0 Å². The van der Waals surface area contributed by atoms with Crippen LogP contribution in [0.5, 0.6) is 0 Å². The van der Waals surface area contributed by atoms with Crippen molar-refractivity contribution in [3.8, 4) is 0 Å². The largest absolute Gasteiger partial charge is 0.366 e. The number of carbonyl (C=O) groups excluding carboxylic acids is 1. The number of nitrogens with zero attached hydrogens (tertiary/aromatic N) is 1. The second-order valence-electron chi connectivity index (χ2n) is 4.70. The zero-order valence-electron chi connectivity index (χ0n) is 11.4. The molecule has 0 saturated heterocycles. The quantitative estimate of drug-likeness (QED) is 0.500. The molecule has 6 nitrogen and oxygen atoms in total. The number of ketones is 1. The van der Waals surface area contributed by atoms with Crippen molar-refractivity contribution in [2.24, 2.45) is 5.73 Å². The van der Waals surface area contributed by atoms with Crippen molar-refractivity contribution in [1.29, 1.82) is 0 Å². The molecule has 0 aliphatic carbocycles. The highest BCUT2D eigenvalue weighted by Crippen LogP contribution is 2.22. The van der Waals surface area contributed by atoms with Gasteiger partial charge in [-0.05, 0) is 36.9 Å². The Bertz CT molecular complexity index is 676. The Hall–Kier alpha value is -2.73.